The summed E-state index contributed by atoms with van der Waals surface area (Å²) >= 11 is 6.09. The van der Waals surface area contributed by atoms with Crippen LogP contribution >= 0.6 is 11.6 Å². The maximum atomic E-state index is 12.7. The standard InChI is InChI=1S/C21H22ClN3O3/c1-13-18(14(2)28-24-13)12-27-17-7-5-6-15(10-17)21(26)23-19-11-16(22)8-9-20(19)25(3)4/h5-11H,12H2,1-4H3,(H,23,26). The van der Waals surface area contributed by atoms with Crippen molar-refractivity contribution in [3.63, 3.8) is 0 Å². The van der Waals surface area contributed by atoms with Crippen molar-refractivity contribution >= 4 is 28.9 Å². The first kappa shape index (κ1) is 19.8. The first-order valence-corrected chi connectivity index (χ1v) is 9.16. The van der Waals surface area contributed by atoms with Gasteiger partial charge in [0, 0.05) is 24.7 Å². The number of carbonyl (C=O) groups excluding carboxylic acids is 1. The molecule has 6 nitrogen and oxygen atoms in total. The van der Waals surface area contributed by atoms with Crippen LogP contribution in [0.3, 0.4) is 0 Å². The van der Waals surface area contributed by atoms with Crippen LogP contribution in [0.1, 0.15) is 27.4 Å². The number of rotatable bonds is 6. The zero-order valence-electron chi connectivity index (χ0n) is 16.2. The zero-order chi connectivity index (χ0) is 20.3. The number of halogens is 1. The number of nitrogens with one attached hydrogen (secondary N) is 1. The van der Waals surface area contributed by atoms with Crippen molar-refractivity contribution in [3.05, 3.63) is 70.1 Å². The number of amides is 1. The lowest BCUT2D eigenvalue weighted by Crippen LogP contribution is -2.16. The average Bonchev–Trinajstić information content (AvgIpc) is 2.98. The Hall–Kier alpha value is -2.99. The Morgan fingerprint density at radius 1 is 1.21 bits per heavy atom. The number of aromatic nitrogens is 1. The average molecular weight is 400 g/mol. The molecule has 0 bridgehead atoms. The molecule has 0 aliphatic heterocycles. The predicted octanol–water partition coefficient (Wildman–Crippen LogP) is 4.84. The fourth-order valence-corrected chi connectivity index (χ4v) is 2.96. The van der Waals surface area contributed by atoms with Crippen molar-refractivity contribution in [1.29, 1.82) is 0 Å². The monoisotopic (exact) mass is 399 g/mol. The summed E-state index contributed by atoms with van der Waals surface area (Å²) in [7, 11) is 3.81. The van der Waals surface area contributed by atoms with Crippen LogP contribution in [0, 0.1) is 13.8 Å². The molecule has 0 aliphatic rings. The number of nitrogens with zero attached hydrogens (tertiary/aromatic N) is 2. The van der Waals surface area contributed by atoms with Gasteiger partial charge in [-0.15, -0.1) is 0 Å². The van der Waals surface area contributed by atoms with Crippen LogP contribution < -0.4 is 15.0 Å². The van der Waals surface area contributed by atoms with Gasteiger partial charge in [0.2, 0.25) is 0 Å². The lowest BCUT2D eigenvalue weighted by atomic mass is 10.1. The minimum absolute atomic E-state index is 0.242. The first-order valence-electron chi connectivity index (χ1n) is 8.78. The number of carbonyl (C=O) groups is 1. The smallest absolute Gasteiger partial charge is 0.255 e. The summed E-state index contributed by atoms with van der Waals surface area (Å²) in [6.07, 6.45) is 0. The van der Waals surface area contributed by atoms with E-state index in [2.05, 4.69) is 10.5 Å². The Balaban J connectivity index is 1.75. The van der Waals surface area contributed by atoms with E-state index in [4.69, 9.17) is 20.9 Å². The van der Waals surface area contributed by atoms with E-state index in [-0.39, 0.29) is 5.91 Å². The molecule has 1 heterocycles. The summed E-state index contributed by atoms with van der Waals surface area (Å²) in [4.78, 5) is 14.7. The van der Waals surface area contributed by atoms with E-state index >= 15 is 0 Å². The van der Waals surface area contributed by atoms with Crippen molar-refractivity contribution in [3.8, 4) is 5.75 Å². The molecule has 3 aromatic rings. The van der Waals surface area contributed by atoms with Crippen LogP contribution in [-0.4, -0.2) is 25.2 Å². The van der Waals surface area contributed by atoms with Crippen LogP contribution in [0.4, 0.5) is 11.4 Å². The molecule has 0 fully saturated rings. The normalized spacial score (nSPS) is 10.6. The number of hydrogen-bond acceptors (Lipinski definition) is 5. The maximum absolute atomic E-state index is 12.7. The Morgan fingerprint density at radius 3 is 2.68 bits per heavy atom. The molecule has 3 rings (SSSR count). The van der Waals surface area contributed by atoms with Crippen LogP contribution in [-0.2, 0) is 6.61 Å². The van der Waals surface area contributed by atoms with Gasteiger partial charge in [-0.05, 0) is 50.2 Å². The molecule has 0 saturated carbocycles. The second-order valence-corrected chi connectivity index (χ2v) is 7.07. The SMILES string of the molecule is Cc1noc(C)c1COc1cccc(C(=O)Nc2cc(Cl)ccc2N(C)C)c1. The highest BCUT2D eigenvalue weighted by molar-refractivity contribution is 6.31. The topological polar surface area (TPSA) is 67.6 Å². The second-order valence-electron chi connectivity index (χ2n) is 6.63. The molecular weight excluding hydrogens is 378 g/mol. The Labute approximate surface area is 169 Å². The van der Waals surface area contributed by atoms with Gasteiger partial charge in [-0.3, -0.25) is 4.79 Å². The van der Waals surface area contributed by atoms with Gasteiger partial charge in [-0.25, -0.2) is 0 Å². The Kier molecular flexibility index (Phi) is 5.90. The Bertz CT molecular complexity index is 979. The van der Waals surface area contributed by atoms with Gasteiger partial charge in [0.25, 0.3) is 5.91 Å². The third kappa shape index (κ3) is 4.46. The van der Waals surface area contributed by atoms with Crippen LogP contribution in [0.25, 0.3) is 0 Å². The fraction of sp³-hybridized carbons (Fsp3) is 0.238. The van der Waals surface area contributed by atoms with E-state index in [1.54, 1.807) is 36.4 Å². The summed E-state index contributed by atoms with van der Waals surface area (Å²) in [6.45, 7) is 4.04. The van der Waals surface area contributed by atoms with Crippen molar-refractivity contribution in [1.82, 2.24) is 5.16 Å². The summed E-state index contributed by atoms with van der Waals surface area (Å²) < 4.78 is 11.0. The molecule has 0 unspecified atom stereocenters. The highest BCUT2D eigenvalue weighted by Gasteiger charge is 2.13. The molecule has 0 radical (unpaired) electrons. The Morgan fingerprint density at radius 2 is 2.00 bits per heavy atom. The molecule has 0 aliphatic carbocycles. The minimum atomic E-state index is -0.242. The molecule has 2 aromatic carbocycles. The second kappa shape index (κ2) is 8.35. The van der Waals surface area contributed by atoms with Crippen molar-refractivity contribution < 1.29 is 14.1 Å². The highest BCUT2D eigenvalue weighted by atomic mass is 35.5. The third-order valence-corrected chi connectivity index (χ3v) is 4.58. The van der Waals surface area contributed by atoms with Crippen molar-refractivity contribution in [2.45, 2.75) is 20.5 Å². The molecule has 7 heteroatoms. The van der Waals surface area contributed by atoms with Crippen LogP contribution in [0.15, 0.2) is 47.0 Å². The van der Waals surface area contributed by atoms with E-state index in [9.17, 15) is 4.79 Å². The summed E-state index contributed by atoms with van der Waals surface area (Å²) in [5.41, 5.74) is 3.70. The molecule has 1 aromatic heterocycles. The molecule has 28 heavy (non-hydrogen) atoms. The van der Waals surface area contributed by atoms with Gasteiger partial charge >= 0.3 is 0 Å². The van der Waals surface area contributed by atoms with Gasteiger partial charge in [0.1, 0.15) is 18.1 Å². The summed E-state index contributed by atoms with van der Waals surface area (Å²) in [5, 5.41) is 7.39. The molecule has 146 valence electrons. The molecule has 0 atom stereocenters. The number of benzene rings is 2. The van der Waals surface area contributed by atoms with Crippen LogP contribution in [0.5, 0.6) is 5.75 Å². The van der Waals surface area contributed by atoms with Gasteiger partial charge in [0.15, 0.2) is 0 Å². The number of hydrogen-bond donors (Lipinski definition) is 1. The summed E-state index contributed by atoms with van der Waals surface area (Å²) in [6, 6.07) is 12.4. The quantitative estimate of drug-likeness (QED) is 0.642. The van der Waals surface area contributed by atoms with Crippen molar-refractivity contribution in [2.24, 2.45) is 0 Å². The number of anilines is 2. The lowest BCUT2D eigenvalue weighted by molar-refractivity contribution is 0.102. The van der Waals surface area contributed by atoms with E-state index in [0.717, 1.165) is 22.7 Å². The predicted molar refractivity (Wildman–Crippen MR) is 110 cm³/mol. The minimum Gasteiger partial charge on any atom is -0.489 e. The molecule has 1 N–H and O–H groups in total. The highest BCUT2D eigenvalue weighted by Crippen LogP contribution is 2.28. The third-order valence-electron chi connectivity index (χ3n) is 4.35. The number of ether oxygens (including phenoxy) is 1. The largest absolute Gasteiger partial charge is 0.489 e. The molecular formula is C21H22ClN3O3. The first-order chi connectivity index (χ1) is 13.3. The molecule has 1 amide bonds. The van der Waals surface area contributed by atoms with E-state index in [1.165, 1.54) is 0 Å². The van der Waals surface area contributed by atoms with E-state index in [1.807, 2.05) is 38.9 Å². The van der Waals surface area contributed by atoms with Gasteiger partial charge < -0.3 is 19.5 Å². The zero-order valence-corrected chi connectivity index (χ0v) is 17.0. The van der Waals surface area contributed by atoms with E-state index in [0.29, 0.717) is 28.6 Å². The van der Waals surface area contributed by atoms with Crippen LogP contribution in [0.2, 0.25) is 5.02 Å². The summed E-state index contributed by atoms with van der Waals surface area (Å²) in [5.74, 6) is 1.07. The van der Waals surface area contributed by atoms with Crippen molar-refractivity contribution in [2.75, 3.05) is 24.3 Å². The maximum Gasteiger partial charge on any atom is 0.255 e. The molecule has 0 spiro atoms. The van der Waals surface area contributed by atoms with Gasteiger partial charge in [0.05, 0.1) is 22.6 Å². The van der Waals surface area contributed by atoms with Gasteiger partial charge in [-0.2, -0.15) is 0 Å². The fourth-order valence-electron chi connectivity index (χ4n) is 2.78. The molecule has 0 saturated heterocycles. The van der Waals surface area contributed by atoms with Gasteiger partial charge in [-0.1, -0.05) is 22.8 Å². The number of aryl methyl sites for hydroxylation is 2. The lowest BCUT2D eigenvalue weighted by Gasteiger charge is -2.18. The van der Waals surface area contributed by atoms with E-state index < -0.39 is 0 Å².